The van der Waals surface area contributed by atoms with Crippen molar-refractivity contribution in [3.63, 3.8) is 0 Å². The smallest absolute Gasteiger partial charge is 0.330 e. The lowest BCUT2D eigenvalue weighted by Crippen LogP contribution is -2.44. The van der Waals surface area contributed by atoms with Crippen molar-refractivity contribution in [2.24, 2.45) is 0 Å². The number of carboxylic acid groups (broad SMARTS) is 1. The largest absolute Gasteiger partial charge is 0.481 e. The van der Waals surface area contributed by atoms with Gasteiger partial charge in [-0.05, 0) is 25.1 Å². The van der Waals surface area contributed by atoms with E-state index in [1.807, 2.05) is 0 Å². The number of nitrogens with zero attached hydrogens (tertiary/aromatic N) is 1. The maximum absolute atomic E-state index is 12.3. The highest BCUT2D eigenvalue weighted by atomic mass is 28.4. The maximum Gasteiger partial charge on any atom is 0.330 e. The van der Waals surface area contributed by atoms with Crippen LogP contribution in [0, 0.1) is 6.92 Å². The van der Waals surface area contributed by atoms with Gasteiger partial charge in [0.2, 0.25) is 0 Å². The summed E-state index contributed by atoms with van der Waals surface area (Å²) in [7, 11) is -2.11. The van der Waals surface area contributed by atoms with Gasteiger partial charge in [-0.3, -0.25) is 23.9 Å². The number of carbonyl (C=O) groups excluding carboxylic acids is 1. The minimum atomic E-state index is -2.11. The van der Waals surface area contributed by atoms with E-state index in [1.165, 1.54) is 10.8 Å². The summed E-state index contributed by atoms with van der Waals surface area (Å²) < 4.78 is 19.0. The molecule has 2 heterocycles. The third kappa shape index (κ3) is 6.37. The van der Waals surface area contributed by atoms with E-state index in [0.717, 1.165) is 0 Å². The van der Waals surface area contributed by atoms with E-state index in [9.17, 15) is 19.2 Å². The highest BCUT2D eigenvalue weighted by Crippen LogP contribution is 2.38. The number of aliphatic carboxylic acids is 1. The number of aromatic nitrogens is 2. The van der Waals surface area contributed by atoms with Crippen LogP contribution in [0.25, 0.3) is 0 Å². The fourth-order valence-corrected chi connectivity index (χ4v) is 3.90. The highest BCUT2D eigenvalue weighted by Gasteiger charge is 2.43. The molecule has 2 rings (SSSR count). The van der Waals surface area contributed by atoms with Crippen LogP contribution >= 0.6 is 0 Å². The highest BCUT2D eigenvalue weighted by molar-refractivity contribution is 6.74. The molecule has 0 radical (unpaired) electrons. The van der Waals surface area contributed by atoms with Crippen LogP contribution in [0.2, 0.25) is 18.1 Å². The van der Waals surface area contributed by atoms with Crippen LogP contribution in [0.1, 0.15) is 51.8 Å². The third-order valence-corrected chi connectivity index (χ3v) is 10.4. The Kier molecular flexibility index (Phi) is 7.66. The number of esters is 1. The Labute approximate surface area is 181 Å². The molecule has 1 saturated heterocycles. The van der Waals surface area contributed by atoms with Crippen LogP contribution in [0.5, 0.6) is 0 Å². The number of hydrogen-bond donors (Lipinski definition) is 2. The Balaban J connectivity index is 2.21. The molecule has 1 aliphatic heterocycles. The number of carboxylic acids is 1. The molecule has 0 bridgehead atoms. The molecule has 0 aliphatic carbocycles. The van der Waals surface area contributed by atoms with Crippen LogP contribution in [0.4, 0.5) is 0 Å². The number of nitrogens with one attached hydrogen (secondary N) is 1. The maximum atomic E-state index is 12.3. The van der Waals surface area contributed by atoms with Crippen molar-refractivity contribution in [3.05, 3.63) is 32.6 Å². The Morgan fingerprint density at radius 1 is 1.29 bits per heavy atom. The minimum Gasteiger partial charge on any atom is -0.481 e. The summed E-state index contributed by atoms with van der Waals surface area (Å²) in [5.74, 6) is -1.75. The number of ether oxygens (including phenoxy) is 2. The number of rotatable bonds is 8. The topological polar surface area (TPSA) is 137 Å². The fraction of sp³-hybridized carbons (Fsp3) is 0.700. The first-order chi connectivity index (χ1) is 14.2. The van der Waals surface area contributed by atoms with Gasteiger partial charge >= 0.3 is 17.6 Å². The van der Waals surface area contributed by atoms with E-state index in [1.54, 1.807) is 6.92 Å². The standard InChI is InChI=1S/C20H32N2O8Si/c1-12-10-22(19(27)21-18(12)26)15-9-13(30-17(25)8-7-16(23)24)14(29-15)11-28-31(5,6)20(2,3)4/h10,13-15H,7-9,11H2,1-6H3,(H,23,24)(H,21,26,27)/t13?,14-,15-/m1/s1. The molecule has 1 aromatic heterocycles. The average molecular weight is 457 g/mol. The summed E-state index contributed by atoms with van der Waals surface area (Å²) >= 11 is 0. The molecule has 31 heavy (non-hydrogen) atoms. The van der Waals surface area contributed by atoms with Crippen molar-refractivity contribution in [1.29, 1.82) is 0 Å². The molecular formula is C20H32N2O8Si. The van der Waals surface area contributed by atoms with Gasteiger partial charge in [0.25, 0.3) is 5.56 Å². The fourth-order valence-electron chi connectivity index (χ4n) is 2.89. The molecule has 174 valence electrons. The predicted molar refractivity (Wildman–Crippen MR) is 114 cm³/mol. The van der Waals surface area contributed by atoms with E-state index in [4.69, 9.17) is 19.0 Å². The predicted octanol–water partition coefficient (Wildman–Crippen LogP) is 1.93. The molecule has 2 N–H and O–H groups in total. The van der Waals surface area contributed by atoms with Crippen molar-refractivity contribution in [3.8, 4) is 0 Å². The number of H-pyrrole nitrogens is 1. The second-order valence-corrected chi connectivity index (χ2v) is 14.1. The number of aryl methyl sites for hydroxylation is 1. The summed E-state index contributed by atoms with van der Waals surface area (Å²) in [6.45, 7) is 12.2. The Morgan fingerprint density at radius 3 is 2.52 bits per heavy atom. The Morgan fingerprint density at radius 2 is 1.94 bits per heavy atom. The second-order valence-electron chi connectivity index (χ2n) is 9.34. The number of aromatic amines is 1. The van der Waals surface area contributed by atoms with Gasteiger partial charge in [0, 0.05) is 18.2 Å². The molecule has 0 spiro atoms. The number of carbonyl (C=O) groups is 2. The zero-order chi connectivity index (χ0) is 23.6. The van der Waals surface area contributed by atoms with E-state index in [0.29, 0.717) is 5.56 Å². The molecule has 1 aliphatic rings. The lowest BCUT2D eigenvalue weighted by molar-refractivity contribution is -0.155. The Bertz CT molecular complexity index is 930. The quantitative estimate of drug-likeness (QED) is 0.447. The summed E-state index contributed by atoms with van der Waals surface area (Å²) in [5, 5.41) is 8.74. The first kappa shape index (κ1) is 25.0. The van der Waals surface area contributed by atoms with Crippen molar-refractivity contribution in [2.45, 2.75) is 83.5 Å². The lowest BCUT2D eigenvalue weighted by Gasteiger charge is -2.37. The first-order valence-corrected chi connectivity index (χ1v) is 13.1. The van der Waals surface area contributed by atoms with Gasteiger partial charge in [-0.1, -0.05) is 20.8 Å². The van der Waals surface area contributed by atoms with Crippen LogP contribution in [0.15, 0.2) is 15.8 Å². The molecule has 11 heteroatoms. The van der Waals surface area contributed by atoms with Crippen LogP contribution in [0.3, 0.4) is 0 Å². The van der Waals surface area contributed by atoms with Gasteiger partial charge in [0.1, 0.15) is 18.4 Å². The van der Waals surface area contributed by atoms with Gasteiger partial charge in [-0.25, -0.2) is 4.79 Å². The molecule has 3 atom stereocenters. The van der Waals surface area contributed by atoms with Gasteiger partial charge in [0.15, 0.2) is 8.32 Å². The van der Waals surface area contributed by atoms with Gasteiger partial charge < -0.3 is 19.0 Å². The van der Waals surface area contributed by atoms with Gasteiger partial charge in [-0.2, -0.15) is 0 Å². The van der Waals surface area contributed by atoms with Crippen molar-refractivity contribution in [1.82, 2.24) is 9.55 Å². The van der Waals surface area contributed by atoms with E-state index in [2.05, 4.69) is 38.8 Å². The van der Waals surface area contributed by atoms with Crippen molar-refractivity contribution in [2.75, 3.05) is 6.61 Å². The summed E-state index contributed by atoms with van der Waals surface area (Å²) in [5.41, 5.74) is -0.754. The molecule has 0 saturated carbocycles. The monoisotopic (exact) mass is 456 g/mol. The summed E-state index contributed by atoms with van der Waals surface area (Å²) in [4.78, 5) is 49.0. The number of hydrogen-bond acceptors (Lipinski definition) is 7. The molecule has 10 nitrogen and oxygen atoms in total. The molecule has 0 aromatic carbocycles. The van der Waals surface area contributed by atoms with E-state index in [-0.39, 0.29) is 30.9 Å². The second kappa shape index (κ2) is 9.49. The van der Waals surface area contributed by atoms with Gasteiger partial charge in [-0.15, -0.1) is 0 Å². The summed E-state index contributed by atoms with van der Waals surface area (Å²) in [6.07, 6.45) is -1.11. The SMILES string of the molecule is Cc1cn([C@H]2CC(OC(=O)CCC(=O)O)[C@@H](CO[Si](C)(C)C(C)(C)C)O2)c(=O)[nH]c1=O. The lowest BCUT2D eigenvalue weighted by atomic mass is 10.2. The molecule has 1 fully saturated rings. The van der Waals surface area contributed by atoms with Crippen molar-refractivity contribution < 1.29 is 28.6 Å². The van der Waals surface area contributed by atoms with Crippen molar-refractivity contribution >= 4 is 20.3 Å². The molecular weight excluding hydrogens is 424 g/mol. The van der Waals surface area contributed by atoms with Crippen LogP contribution in [-0.4, -0.2) is 53.7 Å². The normalized spacial score (nSPS) is 21.8. The average Bonchev–Trinajstić information content (AvgIpc) is 3.03. The van der Waals surface area contributed by atoms with Crippen LogP contribution < -0.4 is 11.2 Å². The Hall–Kier alpha value is -2.24. The van der Waals surface area contributed by atoms with Gasteiger partial charge in [0.05, 0.1) is 19.4 Å². The zero-order valence-corrected chi connectivity index (χ0v) is 19.9. The molecule has 1 unspecified atom stereocenters. The summed E-state index contributed by atoms with van der Waals surface area (Å²) in [6, 6.07) is 0. The minimum absolute atomic E-state index is 0.0361. The molecule has 1 aromatic rings. The van der Waals surface area contributed by atoms with Crippen LogP contribution in [-0.2, 0) is 23.5 Å². The zero-order valence-electron chi connectivity index (χ0n) is 18.9. The molecule has 0 amide bonds. The van der Waals surface area contributed by atoms with E-state index < -0.39 is 49.9 Å². The third-order valence-electron chi connectivity index (χ3n) is 5.88. The first-order valence-electron chi connectivity index (χ1n) is 10.2. The van der Waals surface area contributed by atoms with E-state index >= 15 is 0 Å².